The van der Waals surface area contributed by atoms with Crippen LogP contribution in [0.5, 0.6) is 0 Å². The standard InChI is InChI=1S/C24H34/c1-7-18(23-22(8-2)24(23,5)6)13-16(3)17(4)21-14-19-11-9-10-12-20(19)15-21/h7,9-12,17-18,21-23H,1,3,8,13-15H2,2,4-6H3. The van der Waals surface area contributed by atoms with E-state index in [-0.39, 0.29) is 0 Å². The van der Waals surface area contributed by atoms with Gasteiger partial charge in [0.15, 0.2) is 0 Å². The summed E-state index contributed by atoms with van der Waals surface area (Å²) in [7, 11) is 0. The van der Waals surface area contributed by atoms with Gasteiger partial charge in [-0.05, 0) is 65.4 Å². The lowest BCUT2D eigenvalue weighted by Gasteiger charge is -2.25. The van der Waals surface area contributed by atoms with E-state index in [0.717, 1.165) is 24.2 Å². The predicted octanol–water partition coefficient (Wildman–Crippen LogP) is 6.47. The van der Waals surface area contributed by atoms with Gasteiger partial charge < -0.3 is 0 Å². The van der Waals surface area contributed by atoms with Crippen LogP contribution in [0.4, 0.5) is 0 Å². The molecule has 0 amide bonds. The third-order valence-electron chi connectivity index (χ3n) is 7.27. The van der Waals surface area contributed by atoms with E-state index in [1.54, 1.807) is 11.1 Å². The zero-order valence-corrected chi connectivity index (χ0v) is 16.0. The molecule has 3 rings (SSSR count). The summed E-state index contributed by atoms with van der Waals surface area (Å²) in [5.41, 5.74) is 5.03. The first kappa shape index (κ1) is 17.5. The summed E-state index contributed by atoms with van der Waals surface area (Å²) in [6.07, 6.45) is 7.08. The van der Waals surface area contributed by atoms with E-state index in [1.807, 2.05) is 0 Å². The lowest BCUT2D eigenvalue weighted by Crippen LogP contribution is -2.17. The first-order valence-electron chi connectivity index (χ1n) is 9.77. The van der Waals surface area contributed by atoms with Crippen molar-refractivity contribution in [3.63, 3.8) is 0 Å². The summed E-state index contributed by atoms with van der Waals surface area (Å²) in [6, 6.07) is 8.95. The molecule has 0 bridgehead atoms. The van der Waals surface area contributed by atoms with Gasteiger partial charge in [-0.2, -0.15) is 0 Å². The number of fused-ring (bicyclic) bond motifs is 1. The summed E-state index contributed by atoms with van der Waals surface area (Å²) in [5.74, 6) is 3.59. The van der Waals surface area contributed by atoms with Gasteiger partial charge >= 0.3 is 0 Å². The minimum atomic E-state index is 0.487. The molecule has 0 saturated heterocycles. The smallest absolute Gasteiger partial charge is 0.0163 e. The molecule has 0 spiro atoms. The Morgan fingerprint density at radius 2 is 1.83 bits per heavy atom. The van der Waals surface area contributed by atoms with Crippen LogP contribution in [0, 0.1) is 35.0 Å². The zero-order chi connectivity index (χ0) is 17.5. The topological polar surface area (TPSA) is 0 Å². The lowest BCUT2D eigenvalue weighted by molar-refractivity contribution is 0.385. The third-order valence-corrected chi connectivity index (χ3v) is 7.27. The van der Waals surface area contributed by atoms with E-state index in [1.165, 1.54) is 24.8 Å². The molecular weight excluding hydrogens is 288 g/mol. The molecule has 0 nitrogen and oxygen atoms in total. The van der Waals surface area contributed by atoms with Gasteiger partial charge in [-0.15, -0.1) is 6.58 Å². The van der Waals surface area contributed by atoms with Gasteiger partial charge in [0.2, 0.25) is 0 Å². The number of benzene rings is 1. The Hall–Kier alpha value is -1.30. The molecular formula is C24H34. The van der Waals surface area contributed by atoms with Crippen LogP contribution in [-0.4, -0.2) is 0 Å². The molecule has 0 N–H and O–H groups in total. The van der Waals surface area contributed by atoms with Crippen LogP contribution in [0.1, 0.15) is 51.7 Å². The largest absolute Gasteiger partial charge is 0.103 e. The number of hydrogen-bond acceptors (Lipinski definition) is 0. The third kappa shape index (κ3) is 3.01. The Bertz CT molecular complexity index is 596. The molecule has 4 unspecified atom stereocenters. The maximum Gasteiger partial charge on any atom is -0.0163 e. The monoisotopic (exact) mass is 322 g/mol. The fourth-order valence-electron chi connectivity index (χ4n) is 5.54. The van der Waals surface area contributed by atoms with Gasteiger partial charge in [0.25, 0.3) is 0 Å². The number of rotatable bonds is 7. The van der Waals surface area contributed by atoms with Gasteiger partial charge in [-0.3, -0.25) is 0 Å². The summed E-state index contributed by atoms with van der Waals surface area (Å²) in [5, 5.41) is 0. The quantitative estimate of drug-likeness (QED) is 0.505. The molecule has 1 fully saturated rings. The van der Waals surface area contributed by atoms with Crippen molar-refractivity contribution >= 4 is 0 Å². The van der Waals surface area contributed by atoms with E-state index in [2.05, 4.69) is 71.2 Å². The molecule has 1 saturated carbocycles. The second-order valence-electron chi connectivity index (χ2n) is 8.85. The fourth-order valence-corrected chi connectivity index (χ4v) is 5.54. The van der Waals surface area contributed by atoms with Crippen LogP contribution in [0.15, 0.2) is 49.1 Å². The second kappa shape index (κ2) is 6.54. The van der Waals surface area contributed by atoms with Crippen LogP contribution in [0.3, 0.4) is 0 Å². The highest BCUT2D eigenvalue weighted by Crippen LogP contribution is 2.64. The predicted molar refractivity (Wildman–Crippen MR) is 105 cm³/mol. The Labute approximate surface area is 149 Å². The summed E-state index contributed by atoms with van der Waals surface area (Å²) in [6.45, 7) is 18.3. The second-order valence-corrected chi connectivity index (χ2v) is 8.85. The normalized spacial score (nSPS) is 27.3. The average Bonchev–Trinajstić information content (AvgIpc) is 2.93. The van der Waals surface area contributed by atoms with Crippen LogP contribution in [-0.2, 0) is 12.8 Å². The van der Waals surface area contributed by atoms with Crippen molar-refractivity contribution < 1.29 is 0 Å². The number of hydrogen-bond donors (Lipinski definition) is 0. The van der Waals surface area contributed by atoms with E-state index in [4.69, 9.17) is 0 Å². The molecule has 0 radical (unpaired) electrons. The molecule has 24 heavy (non-hydrogen) atoms. The Kier molecular flexibility index (Phi) is 4.78. The summed E-state index contributed by atoms with van der Waals surface area (Å²) >= 11 is 0. The van der Waals surface area contributed by atoms with E-state index in [9.17, 15) is 0 Å². The molecule has 130 valence electrons. The fraction of sp³-hybridized carbons (Fsp3) is 0.583. The van der Waals surface area contributed by atoms with Crippen LogP contribution < -0.4 is 0 Å². The Morgan fingerprint density at radius 3 is 2.29 bits per heavy atom. The Morgan fingerprint density at radius 1 is 1.25 bits per heavy atom. The Balaban J connectivity index is 1.62. The SMILES string of the molecule is C=CC(CC(=C)C(C)C1Cc2ccccc2C1)C1C(CC)C1(C)C. The lowest BCUT2D eigenvalue weighted by atomic mass is 9.80. The highest BCUT2D eigenvalue weighted by atomic mass is 14.6. The van der Waals surface area contributed by atoms with Gasteiger partial charge in [0.05, 0.1) is 0 Å². The molecule has 0 aliphatic heterocycles. The minimum Gasteiger partial charge on any atom is -0.103 e. The van der Waals surface area contributed by atoms with Gasteiger partial charge in [0, 0.05) is 0 Å². The highest BCUT2D eigenvalue weighted by Gasteiger charge is 2.58. The van der Waals surface area contributed by atoms with Crippen molar-refractivity contribution in [2.45, 2.75) is 53.4 Å². The summed E-state index contributed by atoms with van der Waals surface area (Å²) < 4.78 is 0. The molecule has 4 atom stereocenters. The first-order chi connectivity index (χ1) is 11.4. The van der Waals surface area contributed by atoms with Crippen molar-refractivity contribution in [3.05, 3.63) is 60.2 Å². The van der Waals surface area contributed by atoms with Crippen molar-refractivity contribution in [2.24, 2.45) is 35.0 Å². The van der Waals surface area contributed by atoms with Gasteiger partial charge in [0.1, 0.15) is 0 Å². The molecule has 0 heterocycles. The minimum absolute atomic E-state index is 0.487. The molecule has 1 aromatic carbocycles. The van der Waals surface area contributed by atoms with Crippen molar-refractivity contribution in [3.8, 4) is 0 Å². The van der Waals surface area contributed by atoms with E-state index >= 15 is 0 Å². The zero-order valence-electron chi connectivity index (χ0n) is 16.0. The molecule has 2 aliphatic carbocycles. The van der Waals surface area contributed by atoms with Crippen molar-refractivity contribution in [1.82, 2.24) is 0 Å². The summed E-state index contributed by atoms with van der Waals surface area (Å²) in [4.78, 5) is 0. The van der Waals surface area contributed by atoms with E-state index in [0.29, 0.717) is 17.3 Å². The maximum absolute atomic E-state index is 4.51. The average molecular weight is 323 g/mol. The van der Waals surface area contributed by atoms with Crippen LogP contribution in [0.2, 0.25) is 0 Å². The number of allylic oxidation sites excluding steroid dienone is 2. The van der Waals surface area contributed by atoms with Gasteiger partial charge in [-0.1, -0.05) is 76.6 Å². The van der Waals surface area contributed by atoms with Crippen molar-refractivity contribution in [2.75, 3.05) is 0 Å². The molecule has 0 heteroatoms. The van der Waals surface area contributed by atoms with Crippen LogP contribution >= 0.6 is 0 Å². The molecule has 2 aliphatic rings. The van der Waals surface area contributed by atoms with Crippen LogP contribution in [0.25, 0.3) is 0 Å². The van der Waals surface area contributed by atoms with Crippen molar-refractivity contribution in [1.29, 1.82) is 0 Å². The van der Waals surface area contributed by atoms with E-state index < -0.39 is 0 Å². The van der Waals surface area contributed by atoms with Gasteiger partial charge in [-0.25, -0.2) is 0 Å². The highest BCUT2D eigenvalue weighted by molar-refractivity contribution is 5.33. The first-order valence-corrected chi connectivity index (χ1v) is 9.77. The molecule has 1 aromatic rings. The molecule has 0 aromatic heterocycles. The maximum atomic E-state index is 4.51.